The number of anilines is 1. The van der Waals surface area contributed by atoms with Gasteiger partial charge in [-0.15, -0.1) is 0 Å². The van der Waals surface area contributed by atoms with Crippen LogP contribution in [0.1, 0.15) is 11.4 Å². The molecule has 0 amide bonds. The Kier molecular flexibility index (Phi) is 3.71. The normalized spacial score (nSPS) is 10.7. The maximum Gasteiger partial charge on any atom is 0.168 e. The van der Waals surface area contributed by atoms with Gasteiger partial charge in [-0.1, -0.05) is 6.07 Å². The highest BCUT2D eigenvalue weighted by molar-refractivity contribution is 5.63. The molecule has 1 heterocycles. The van der Waals surface area contributed by atoms with Gasteiger partial charge in [0.25, 0.3) is 0 Å². The molecule has 0 radical (unpaired) electrons. The van der Waals surface area contributed by atoms with Crippen LogP contribution in [0.2, 0.25) is 0 Å². The summed E-state index contributed by atoms with van der Waals surface area (Å²) >= 11 is 0. The van der Waals surface area contributed by atoms with Gasteiger partial charge in [0.05, 0.1) is 5.69 Å². The molecule has 0 bridgehead atoms. The third-order valence-electron chi connectivity index (χ3n) is 2.62. The van der Waals surface area contributed by atoms with E-state index in [1.54, 1.807) is 0 Å². The summed E-state index contributed by atoms with van der Waals surface area (Å²) in [6.45, 7) is 1.64. The molecular formula is C13H13F2N3O. The van der Waals surface area contributed by atoms with Gasteiger partial charge in [-0.05, 0) is 18.6 Å². The highest BCUT2D eigenvalue weighted by Crippen LogP contribution is 2.25. The Balaban J connectivity index is 2.55. The molecule has 0 aliphatic carbocycles. The molecule has 0 spiro atoms. The summed E-state index contributed by atoms with van der Waals surface area (Å²) in [5.74, 6) is -1.33. The SMILES string of the molecule is COCc1nc(N)cc(-c2ccc(C)c(F)c2F)n1. The highest BCUT2D eigenvalue weighted by atomic mass is 19.2. The van der Waals surface area contributed by atoms with E-state index in [4.69, 9.17) is 10.5 Å². The summed E-state index contributed by atoms with van der Waals surface area (Å²) < 4.78 is 32.3. The second-order valence-corrected chi connectivity index (χ2v) is 4.09. The predicted octanol–water partition coefficient (Wildman–Crippen LogP) is 2.46. The van der Waals surface area contributed by atoms with Crippen molar-refractivity contribution in [1.82, 2.24) is 9.97 Å². The number of ether oxygens (including phenoxy) is 1. The number of nitrogens with zero attached hydrogens (tertiary/aromatic N) is 2. The van der Waals surface area contributed by atoms with Crippen LogP contribution >= 0.6 is 0 Å². The van der Waals surface area contributed by atoms with E-state index < -0.39 is 11.6 Å². The number of hydrogen-bond donors (Lipinski definition) is 1. The smallest absolute Gasteiger partial charge is 0.168 e. The van der Waals surface area contributed by atoms with Crippen molar-refractivity contribution in [2.24, 2.45) is 0 Å². The first-order chi connectivity index (χ1) is 9.02. The van der Waals surface area contributed by atoms with E-state index in [2.05, 4.69) is 9.97 Å². The van der Waals surface area contributed by atoms with Crippen molar-refractivity contribution in [1.29, 1.82) is 0 Å². The van der Waals surface area contributed by atoms with Crippen molar-refractivity contribution >= 4 is 5.82 Å². The summed E-state index contributed by atoms with van der Waals surface area (Å²) in [5.41, 5.74) is 6.14. The van der Waals surface area contributed by atoms with Gasteiger partial charge in [-0.25, -0.2) is 18.7 Å². The highest BCUT2D eigenvalue weighted by Gasteiger charge is 2.15. The maximum atomic E-state index is 13.9. The third kappa shape index (κ3) is 2.68. The molecule has 0 atom stereocenters. The zero-order chi connectivity index (χ0) is 14.0. The zero-order valence-corrected chi connectivity index (χ0v) is 10.6. The third-order valence-corrected chi connectivity index (χ3v) is 2.62. The number of nitrogens with two attached hydrogens (primary N) is 1. The molecular weight excluding hydrogens is 252 g/mol. The van der Waals surface area contributed by atoms with Gasteiger partial charge < -0.3 is 10.5 Å². The van der Waals surface area contributed by atoms with Crippen LogP contribution in [0.25, 0.3) is 11.3 Å². The van der Waals surface area contributed by atoms with E-state index in [1.807, 2.05) is 0 Å². The van der Waals surface area contributed by atoms with E-state index in [9.17, 15) is 8.78 Å². The van der Waals surface area contributed by atoms with Gasteiger partial charge in [0.1, 0.15) is 12.4 Å². The molecule has 0 aliphatic rings. The molecule has 0 saturated carbocycles. The molecule has 2 rings (SSSR count). The van der Waals surface area contributed by atoms with E-state index in [-0.39, 0.29) is 29.2 Å². The Hall–Kier alpha value is -2.08. The first-order valence-electron chi connectivity index (χ1n) is 5.60. The minimum absolute atomic E-state index is 0.0505. The first kappa shape index (κ1) is 13.4. The van der Waals surface area contributed by atoms with Gasteiger partial charge in [-0.3, -0.25) is 0 Å². The van der Waals surface area contributed by atoms with E-state index in [1.165, 1.54) is 32.2 Å². The van der Waals surface area contributed by atoms with E-state index in [0.29, 0.717) is 5.82 Å². The number of rotatable bonds is 3. The molecule has 1 aromatic heterocycles. The number of aryl methyl sites for hydroxylation is 1. The lowest BCUT2D eigenvalue weighted by Crippen LogP contribution is -2.03. The van der Waals surface area contributed by atoms with Gasteiger partial charge in [0.2, 0.25) is 0 Å². The summed E-state index contributed by atoms with van der Waals surface area (Å²) in [6.07, 6.45) is 0. The van der Waals surface area contributed by atoms with Crippen LogP contribution in [0, 0.1) is 18.6 Å². The van der Waals surface area contributed by atoms with E-state index >= 15 is 0 Å². The maximum absolute atomic E-state index is 13.9. The van der Waals surface area contributed by atoms with Crippen molar-refractivity contribution in [2.75, 3.05) is 12.8 Å². The van der Waals surface area contributed by atoms with E-state index in [0.717, 1.165) is 0 Å². The lowest BCUT2D eigenvalue weighted by atomic mass is 10.1. The molecule has 2 aromatic rings. The molecule has 19 heavy (non-hydrogen) atoms. The van der Waals surface area contributed by atoms with Gasteiger partial charge >= 0.3 is 0 Å². The molecule has 6 heteroatoms. The van der Waals surface area contributed by atoms with Crippen molar-refractivity contribution in [3.05, 3.63) is 41.2 Å². The first-order valence-corrected chi connectivity index (χ1v) is 5.60. The van der Waals surface area contributed by atoms with Crippen LogP contribution in [0.15, 0.2) is 18.2 Å². The molecule has 100 valence electrons. The number of benzene rings is 1. The van der Waals surface area contributed by atoms with Gasteiger partial charge in [0.15, 0.2) is 17.5 Å². The fraction of sp³-hybridized carbons (Fsp3) is 0.231. The van der Waals surface area contributed by atoms with Crippen molar-refractivity contribution in [2.45, 2.75) is 13.5 Å². The Bertz CT molecular complexity index is 617. The van der Waals surface area contributed by atoms with Crippen LogP contribution < -0.4 is 5.73 Å². The standard InChI is InChI=1S/C13H13F2N3O/c1-7-3-4-8(13(15)12(7)14)9-5-10(16)18-11(17-9)6-19-2/h3-5H,6H2,1-2H3,(H2,16,17,18). The number of methoxy groups -OCH3 is 1. The number of nitrogen functional groups attached to an aromatic ring is 1. The Morgan fingerprint density at radius 1 is 1.21 bits per heavy atom. The quantitative estimate of drug-likeness (QED) is 0.926. The molecule has 0 fully saturated rings. The Labute approximate surface area is 109 Å². The summed E-state index contributed by atoms with van der Waals surface area (Å²) in [4.78, 5) is 8.05. The number of aromatic nitrogens is 2. The predicted molar refractivity (Wildman–Crippen MR) is 67.2 cm³/mol. The van der Waals surface area contributed by atoms with Crippen molar-refractivity contribution in [3.63, 3.8) is 0 Å². The summed E-state index contributed by atoms with van der Waals surface area (Å²) in [5, 5.41) is 0. The molecule has 0 unspecified atom stereocenters. The molecule has 2 N–H and O–H groups in total. The fourth-order valence-electron chi connectivity index (χ4n) is 1.69. The van der Waals surface area contributed by atoms with Crippen LogP contribution in [-0.2, 0) is 11.3 Å². The topological polar surface area (TPSA) is 61.0 Å². The average molecular weight is 265 g/mol. The fourth-order valence-corrected chi connectivity index (χ4v) is 1.69. The van der Waals surface area contributed by atoms with Crippen LogP contribution in [0.4, 0.5) is 14.6 Å². The summed E-state index contributed by atoms with van der Waals surface area (Å²) in [6, 6.07) is 4.35. The Morgan fingerprint density at radius 2 is 1.95 bits per heavy atom. The van der Waals surface area contributed by atoms with Crippen molar-refractivity contribution < 1.29 is 13.5 Å². The molecule has 4 nitrogen and oxygen atoms in total. The average Bonchev–Trinajstić information content (AvgIpc) is 2.36. The minimum Gasteiger partial charge on any atom is -0.384 e. The number of hydrogen-bond acceptors (Lipinski definition) is 4. The molecule has 0 saturated heterocycles. The monoisotopic (exact) mass is 265 g/mol. The largest absolute Gasteiger partial charge is 0.384 e. The zero-order valence-electron chi connectivity index (χ0n) is 10.6. The summed E-state index contributed by atoms with van der Waals surface area (Å²) in [7, 11) is 1.48. The minimum atomic E-state index is -0.943. The van der Waals surface area contributed by atoms with Crippen LogP contribution in [0.5, 0.6) is 0 Å². The lowest BCUT2D eigenvalue weighted by molar-refractivity contribution is 0.178. The number of halogens is 2. The van der Waals surface area contributed by atoms with Gasteiger partial charge in [0, 0.05) is 18.7 Å². The second-order valence-electron chi connectivity index (χ2n) is 4.09. The van der Waals surface area contributed by atoms with Crippen LogP contribution in [-0.4, -0.2) is 17.1 Å². The lowest BCUT2D eigenvalue weighted by Gasteiger charge is -2.08. The molecule has 1 aromatic carbocycles. The van der Waals surface area contributed by atoms with Gasteiger partial charge in [-0.2, -0.15) is 0 Å². The Morgan fingerprint density at radius 3 is 2.63 bits per heavy atom. The second kappa shape index (κ2) is 5.27. The van der Waals surface area contributed by atoms with Crippen LogP contribution in [0.3, 0.4) is 0 Å². The van der Waals surface area contributed by atoms with Crippen molar-refractivity contribution in [3.8, 4) is 11.3 Å². The molecule has 0 aliphatic heterocycles.